The van der Waals surface area contributed by atoms with Gasteiger partial charge in [0.25, 0.3) is 5.91 Å². The molecule has 1 amide bonds. The molecule has 2 aromatic rings. The zero-order valence-corrected chi connectivity index (χ0v) is 12.0. The molecule has 2 rings (SSSR count). The maximum Gasteiger partial charge on any atom is 0.251 e. The van der Waals surface area contributed by atoms with E-state index in [-0.39, 0.29) is 12.5 Å². The average Bonchev–Trinajstić information content (AvgIpc) is 2.83. The van der Waals surface area contributed by atoms with Gasteiger partial charge in [0.2, 0.25) is 0 Å². The Hall–Kier alpha value is -1.36. The van der Waals surface area contributed by atoms with Gasteiger partial charge >= 0.3 is 0 Å². The van der Waals surface area contributed by atoms with Crippen LogP contribution >= 0.6 is 22.9 Å². The van der Waals surface area contributed by atoms with Crippen LogP contribution in [0.25, 0.3) is 0 Å². The molecular formula is C14H14ClNO2S. The first-order valence-electron chi connectivity index (χ1n) is 5.83. The third kappa shape index (κ3) is 3.56. The van der Waals surface area contributed by atoms with Gasteiger partial charge in [-0.2, -0.15) is 0 Å². The Labute approximate surface area is 120 Å². The van der Waals surface area contributed by atoms with E-state index >= 15 is 0 Å². The fourth-order valence-electron chi connectivity index (χ4n) is 1.71. The van der Waals surface area contributed by atoms with Crippen molar-refractivity contribution < 1.29 is 9.90 Å². The van der Waals surface area contributed by atoms with Crippen molar-refractivity contribution in [3.63, 3.8) is 0 Å². The quantitative estimate of drug-likeness (QED) is 0.910. The Morgan fingerprint density at radius 3 is 2.63 bits per heavy atom. The van der Waals surface area contributed by atoms with Gasteiger partial charge in [-0.05, 0) is 48.2 Å². The lowest BCUT2D eigenvalue weighted by Gasteiger charge is -2.11. The highest BCUT2D eigenvalue weighted by Gasteiger charge is 2.13. The predicted octanol–water partition coefficient (Wildman–Crippen LogP) is 3.17. The number of carbonyl (C=O) groups is 1. The largest absolute Gasteiger partial charge is 0.386 e. The third-order valence-corrected chi connectivity index (χ3v) is 4.14. The van der Waals surface area contributed by atoms with Crippen molar-refractivity contribution in [2.45, 2.75) is 13.0 Å². The highest BCUT2D eigenvalue weighted by Crippen LogP contribution is 2.23. The molecule has 3 nitrogen and oxygen atoms in total. The molecule has 100 valence electrons. The fourth-order valence-corrected chi connectivity index (χ4v) is 2.75. The molecule has 1 atom stereocenters. The SMILES string of the molecule is Cc1ccsc1C(O)CNC(=O)c1ccc(Cl)cc1. The van der Waals surface area contributed by atoms with Crippen molar-refractivity contribution in [3.05, 3.63) is 56.7 Å². The summed E-state index contributed by atoms with van der Waals surface area (Å²) >= 11 is 7.25. The summed E-state index contributed by atoms with van der Waals surface area (Å²) in [6.45, 7) is 2.14. The summed E-state index contributed by atoms with van der Waals surface area (Å²) in [4.78, 5) is 12.7. The van der Waals surface area contributed by atoms with Crippen LogP contribution in [0.2, 0.25) is 5.02 Å². The Morgan fingerprint density at radius 1 is 1.37 bits per heavy atom. The zero-order chi connectivity index (χ0) is 13.8. The number of hydrogen-bond acceptors (Lipinski definition) is 3. The fraction of sp³-hybridized carbons (Fsp3) is 0.214. The number of carbonyl (C=O) groups excluding carboxylic acids is 1. The number of rotatable bonds is 4. The Kier molecular flexibility index (Phi) is 4.58. The highest BCUT2D eigenvalue weighted by atomic mass is 35.5. The minimum absolute atomic E-state index is 0.197. The summed E-state index contributed by atoms with van der Waals surface area (Å²) in [5.74, 6) is -0.218. The molecule has 0 aliphatic heterocycles. The molecule has 0 saturated carbocycles. The van der Waals surface area contributed by atoms with E-state index < -0.39 is 6.10 Å². The van der Waals surface area contributed by atoms with E-state index in [9.17, 15) is 9.90 Å². The Balaban J connectivity index is 1.94. The van der Waals surface area contributed by atoms with Crippen LogP contribution in [0.1, 0.15) is 26.9 Å². The summed E-state index contributed by atoms with van der Waals surface area (Å²) in [6, 6.07) is 8.58. The number of thiophene rings is 1. The maximum absolute atomic E-state index is 11.9. The second-order valence-corrected chi connectivity index (χ2v) is 5.58. The smallest absolute Gasteiger partial charge is 0.251 e. The number of aliphatic hydroxyl groups is 1. The summed E-state index contributed by atoms with van der Waals surface area (Å²) in [5.41, 5.74) is 1.57. The lowest BCUT2D eigenvalue weighted by Crippen LogP contribution is -2.28. The lowest BCUT2D eigenvalue weighted by molar-refractivity contribution is 0.0917. The van der Waals surface area contributed by atoms with Crippen LogP contribution in [-0.4, -0.2) is 17.6 Å². The number of benzene rings is 1. The van der Waals surface area contributed by atoms with Gasteiger partial charge in [0.1, 0.15) is 6.10 Å². The minimum atomic E-state index is -0.670. The van der Waals surface area contributed by atoms with E-state index in [0.717, 1.165) is 10.4 Å². The lowest BCUT2D eigenvalue weighted by atomic mass is 10.2. The van der Waals surface area contributed by atoms with Gasteiger partial charge in [-0.1, -0.05) is 11.6 Å². The van der Waals surface area contributed by atoms with Crippen molar-refractivity contribution >= 4 is 28.8 Å². The van der Waals surface area contributed by atoms with Crippen LogP contribution in [0.3, 0.4) is 0 Å². The van der Waals surface area contributed by atoms with Gasteiger partial charge in [-0.25, -0.2) is 0 Å². The first-order valence-corrected chi connectivity index (χ1v) is 7.09. The minimum Gasteiger partial charge on any atom is -0.386 e. The van der Waals surface area contributed by atoms with Crippen LogP contribution in [0.15, 0.2) is 35.7 Å². The number of amides is 1. The van der Waals surface area contributed by atoms with Gasteiger partial charge in [0, 0.05) is 22.0 Å². The molecule has 0 bridgehead atoms. The average molecular weight is 296 g/mol. The number of hydrogen-bond donors (Lipinski definition) is 2. The normalized spacial score (nSPS) is 12.2. The predicted molar refractivity (Wildman–Crippen MR) is 77.8 cm³/mol. The van der Waals surface area contributed by atoms with E-state index in [1.807, 2.05) is 18.4 Å². The van der Waals surface area contributed by atoms with Crippen molar-refractivity contribution in [3.8, 4) is 0 Å². The van der Waals surface area contributed by atoms with Crippen molar-refractivity contribution in [1.29, 1.82) is 0 Å². The molecule has 1 aromatic heterocycles. The van der Waals surface area contributed by atoms with E-state index in [4.69, 9.17) is 11.6 Å². The molecule has 1 aromatic carbocycles. The molecule has 19 heavy (non-hydrogen) atoms. The van der Waals surface area contributed by atoms with E-state index in [0.29, 0.717) is 10.6 Å². The van der Waals surface area contributed by atoms with Gasteiger partial charge < -0.3 is 10.4 Å². The highest BCUT2D eigenvalue weighted by molar-refractivity contribution is 7.10. The van der Waals surface area contributed by atoms with Gasteiger partial charge in [0.15, 0.2) is 0 Å². The molecule has 0 fully saturated rings. The van der Waals surface area contributed by atoms with E-state index in [2.05, 4.69) is 5.32 Å². The van der Waals surface area contributed by atoms with Gasteiger partial charge in [0.05, 0.1) is 0 Å². The molecule has 1 heterocycles. The van der Waals surface area contributed by atoms with Crippen molar-refractivity contribution in [1.82, 2.24) is 5.32 Å². The molecule has 0 saturated heterocycles. The number of aryl methyl sites for hydroxylation is 1. The molecule has 0 radical (unpaired) electrons. The molecule has 2 N–H and O–H groups in total. The summed E-state index contributed by atoms with van der Waals surface area (Å²) < 4.78 is 0. The molecule has 1 unspecified atom stereocenters. The monoisotopic (exact) mass is 295 g/mol. The first kappa shape index (κ1) is 14.1. The Morgan fingerprint density at radius 2 is 2.05 bits per heavy atom. The van der Waals surface area contributed by atoms with Crippen molar-refractivity contribution in [2.24, 2.45) is 0 Å². The molecule has 0 spiro atoms. The van der Waals surface area contributed by atoms with Crippen LogP contribution < -0.4 is 5.32 Å². The van der Waals surface area contributed by atoms with Gasteiger partial charge in [-0.15, -0.1) is 11.3 Å². The molecule has 5 heteroatoms. The number of halogens is 1. The number of nitrogens with one attached hydrogen (secondary N) is 1. The summed E-state index contributed by atoms with van der Waals surface area (Å²) in [5, 5.41) is 15.2. The standard InChI is InChI=1S/C14H14ClNO2S/c1-9-6-7-19-13(9)12(17)8-16-14(18)10-2-4-11(15)5-3-10/h2-7,12,17H,8H2,1H3,(H,16,18). The number of aliphatic hydroxyl groups excluding tert-OH is 1. The molecule has 0 aliphatic carbocycles. The van der Waals surface area contributed by atoms with E-state index in [1.165, 1.54) is 11.3 Å². The molecule has 0 aliphatic rings. The summed E-state index contributed by atoms with van der Waals surface area (Å²) in [7, 11) is 0. The third-order valence-electron chi connectivity index (χ3n) is 2.77. The van der Waals surface area contributed by atoms with Crippen LogP contribution in [0, 0.1) is 6.92 Å². The topological polar surface area (TPSA) is 49.3 Å². The van der Waals surface area contributed by atoms with Crippen LogP contribution in [0.4, 0.5) is 0 Å². The zero-order valence-electron chi connectivity index (χ0n) is 10.4. The first-order chi connectivity index (χ1) is 9.08. The van der Waals surface area contributed by atoms with E-state index in [1.54, 1.807) is 24.3 Å². The Bertz CT molecular complexity index is 565. The maximum atomic E-state index is 11.9. The molecular weight excluding hydrogens is 282 g/mol. The van der Waals surface area contributed by atoms with Crippen LogP contribution in [-0.2, 0) is 0 Å². The second kappa shape index (κ2) is 6.19. The second-order valence-electron chi connectivity index (χ2n) is 4.20. The van der Waals surface area contributed by atoms with Gasteiger partial charge in [-0.3, -0.25) is 4.79 Å². The summed E-state index contributed by atoms with van der Waals surface area (Å²) in [6.07, 6.45) is -0.670. The van der Waals surface area contributed by atoms with Crippen LogP contribution in [0.5, 0.6) is 0 Å². The van der Waals surface area contributed by atoms with Crippen molar-refractivity contribution in [2.75, 3.05) is 6.54 Å².